The Morgan fingerprint density at radius 3 is 2.53 bits per heavy atom. The smallest absolute Gasteiger partial charge is 0.374 e. The van der Waals surface area contributed by atoms with Gasteiger partial charge in [0.15, 0.2) is 0 Å². The van der Waals surface area contributed by atoms with Gasteiger partial charge in [-0.15, -0.1) is 0 Å². The molecule has 1 aliphatic rings. The van der Waals surface area contributed by atoms with Gasteiger partial charge < -0.3 is 14.9 Å². The average Bonchev–Trinajstić information content (AvgIpc) is 2.64. The first-order valence-corrected chi connectivity index (χ1v) is 5.61. The van der Waals surface area contributed by atoms with Crippen molar-refractivity contribution in [1.29, 1.82) is 0 Å². The van der Waals surface area contributed by atoms with Crippen molar-refractivity contribution in [2.45, 2.75) is 18.9 Å². The fraction of sp³-hybridized carbons (Fsp3) is 0.231. The third kappa shape index (κ3) is 2.73. The second-order valence-electron chi connectivity index (χ2n) is 4.10. The number of benzene rings is 1. The molecule has 1 atom stereocenters. The van der Waals surface area contributed by atoms with Crippen LogP contribution in [0.5, 0.6) is 0 Å². The second-order valence-corrected chi connectivity index (χ2v) is 4.10. The van der Waals surface area contributed by atoms with Gasteiger partial charge in [0.2, 0.25) is 5.76 Å². The van der Waals surface area contributed by atoms with Gasteiger partial charge in [0.1, 0.15) is 11.9 Å². The second kappa shape index (κ2) is 5.09. The van der Waals surface area contributed by atoms with Crippen LogP contribution in [0.15, 0.2) is 30.0 Å². The van der Waals surface area contributed by atoms with Gasteiger partial charge in [-0.25, -0.2) is 9.18 Å². The van der Waals surface area contributed by atoms with Crippen LogP contribution in [0.2, 0.25) is 0 Å². The standard InChI is InChI=1S/C13H11FO5/c14-8-3-1-7(2-4-8)11-9(5-6-10(15)16)19-13(18)12(11)17/h1-4,9,17H,5-6H2,(H,15,16). The number of hydrogen-bond acceptors (Lipinski definition) is 4. The van der Waals surface area contributed by atoms with Gasteiger partial charge in [0.25, 0.3) is 0 Å². The molecule has 0 spiro atoms. The summed E-state index contributed by atoms with van der Waals surface area (Å²) < 4.78 is 17.7. The summed E-state index contributed by atoms with van der Waals surface area (Å²) >= 11 is 0. The number of carboxylic acids is 1. The molecule has 0 fully saturated rings. The number of ether oxygens (including phenoxy) is 1. The molecular weight excluding hydrogens is 255 g/mol. The van der Waals surface area contributed by atoms with E-state index in [2.05, 4.69) is 0 Å². The summed E-state index contributed by atoms with van der Waals surface area (Å²) in [7, 11) is 0. The predicted octanol–water partition coefficient (Wildman–Crippen LogP) is 1.89. The van der Waals surface area contributed by atoms with Gasteiger partial charge in [-0.3, -0.25) is 4.79 Å². The van der Waals surface area contributed by atoms with E-state index in [1.54, 1.807) is 0 Å². The normalized spacial score (nSPS) is 18.6. The van der Waals surface area contributed by atoms with Crippen molar-refractivity contribution in [2.75, 3.05) is 0 Å². The van der Waals surface area contributed by atoms with Crippen molar-refractivity contribution in [3.05, 3.63) is 41.4 Å². The van der Waals surface area contributed by atoms with Gasteiger partial charge >= 0.3 is 11.9 Å². The van der Waals surface area contributed by atoms with E-state index >= 15 is 0 Å². The van der Waals surface area contributed by atoms with E-state index in [0.29, 0.717) is 5.56 Å². The fourth-order valence-corrected chi connectivity index (χ4v) is 1.92. The lowest BCUT2D eigenvalue weighted by Crippen LogP contribution is -2.13. The Balaban J connectivity index is 2.29. The van der Waals surface area contributed by atoms with Crippen LogP contribution in [-0.2, 0) is 14.3 Å². The summed E-state index contributed by atoms with van der Waals surface area (Å²) in [4.78, 5) is 21.9. The van der Waals surface area contributed by atoms with Crippen molar-refractivity contribution in [2.24, 2.45) is 0 Å². The van der Waals surface area contributed by atoms with Crippen LogP contribution in [0.1, 0.15) is 18.4 Å². The molecule has 1 heterocycles. The molecule has 0 aliphatic carbocycles. The van der Waals surface area contributed by atoms with Gasteiger partial charge in [-0.1, -0.05) is 12.1 Å². The molecule has 19 heavy (non-hydrogen) atoms. The van der Waals surface area contributed by atoms with Crippen LogP contribution < -0.4 is 0 Å². The zero-order chi connectivity index (χ0) is 14.0. The number of aliphatic carboxylic acids is 1. The molecule has 100 valence electrons. The zero-order valence-electron chi connectivity index (χ0n) is 9.80. The molecule has 0 bridgehead atoms. The number of cyclic esters (lactones) is 1. The number of carbonyl (C=O) groups excluding carboxylic acids is 1. The SMILES string of the molecule is O=C(O)CCC1OC(=O)C(O)=C1c1ccc(F)cc1. The molecule has 0 amide bonds. The average molecular weight is 266 g/mol. The quantitative estimate of drug-likeness (QED) is 0.813. The van der Waals surface area contributed by atoms with Crippen molar-refractivity contribution in [3.63, 3.8) is 0 Å². The molecule has 0 saturated heterocycles. The molecule has 0 radical (unpaired) electrons. The van der Waals surface area contributed by atoms with Crippen LogP contribution in [0.4, 0.5) is 4.39 Å². The minimum Gasteiger partial charge on any atom is -0.502 e. The van der Waals surface area contributed by atoms with Crippen LogP contribution in [-0.4, -0.2) is 28.3 Å². The highest BCUT2D eigenvalue weighted by Gasteiger charge is 2.35. The van der Waals surface area contributed by atoms with E-state index in [0.717, 1.165) is 0 Å². The summed E-state index contributed by atoms with van der Waals surface area (Å²) in [6, 6.07) is 5.17. The molecule has 1 aromatic rings. The molecule has 5 nitrogen and oxygen atoms in total. The third-order valence-corrected chi connectivity index (χ3v) is 2.80. The maximum atomic E-state index is 12.8. The molecular formula is C13H11FO5. The van der Waals surface area contributed by atoms with Gasteiger partial charge in [-0.2, -0.15) is 0 Å². The van der Waals surface area contributed by atoms with Crippen LogP contribution in [0, 0.1) is 5.82 Å². The monoisotopic (exact) mass is 266 g/mol. The highest BCUT2D eigenvalue weighted by Crippen LogP contribution is 2.32. The summed E-state index contributed by atoms with van der Waals surface area (Å²) in [6.07, 6.45) is -0.970. The van der Waals surface area contributed by atoms with E-state index in [4.69, 9.17) is 9.84 Å². The number of hydrogen-bond donors (Lipinski definition) is 2. The number of aliphatic hydroxyl groups is 1. The zero-order valence-corrected chi connectivity index (χ0v) is 9.80. The lowest BCUT2D eigenvalue weighted by molar-refractivity contribution is -0.144. The molecule has 0 saturated carbocycles. The first-order chi connectivity index (χ1) is 8.99. The molecule has 1 aromatic carbocycles. The molecule has 1 unspecified atom stereocenters. The summed E-state index contributed by atoms with van der Waals surface area (Å²) in [5, 5.41) is 18.3. The molecule has 2 rings (SSSR count). The van der Waals surface area contributed by atoms with E-state index < -0.39 is 29.6 Å². The highest BCUT2D eigenvalue weighted by atomic mass is 19.1. The number of rotatable bonds is 4. The van der Waals surface area contributed by atoms with E-state index in [-0.39, 0.29) is 18.4 Å². The first kappa shape index (κ1) is 13.1. The van der Waals surface area contributed by atoms with Crippen molar-refractivity contribution in [3.8, 4) is 0 Å². The molecule has 2 N–H and O–H groups in total. The minimum atomic E-state index is -1.03. The molecule has 6 heteroatoms. The Bertz CT molecular complexity index is 547. The first-order valence-electron chi connectivity index (χ1n) is 5.61. The Hall–Kier alpha value is -2.37. The fourth-order valence-electron chi connectivity index (χ4n) is 1.92. The molecule has 0 aromatic heterocycles. The topological polar surface area (TPSA) is 83.8 Å². The van der Waals surface area contributed by atoms with Crippen LogP contribution in [0.25, 0.3) is 5.57 Å². The highest BCUT2D eigenvalue weighted by molar-refractivity contribution is 6.00. The van der Waals surface area contributed by atoms with Crippen molar-refractivity contribution >= 4 is 17.5 Å². The Morgan fingerprint density at radius 2 is 1.95 bits per heavy atom. The lowest BCUT2D eigenvalue weighted by atomic mass is 9.97. The van der Waals surface area contributed by atoms with E-state index in [1.807, 2.05) is 0 Å². The number of carboxylic acid groups (broad SMARTS) is 1. The molecule has 1 aliphatic heterocycles. The third-order valence-electron chi connectivity index (χ3n) is 2.80. The van der Waals surface area contributed by atoms with Crippen LogP contribution >= 0.6 is 0 Å². The maximum absolute atomic E-state index is 12.8. The lowest BCUT2D eigenvalue weighted by Gasteiger charge is -2.12. The van der Waals surface area contributed by atoms with Gasteiger partial charge in [0.05, 0.1) is 0 Å². The Labute approximate surface area is 107 Å². The van der Waals surface area contributed by atoms with E-state index in [1.165, 1.54) is 24.3 Å². The Kier molecular flexibility index (Phi) is 3.50. The van der Waals surface area contributed by atoms with Gasteiger partial charge in [-0.05, 0) is 24.1 Å². The minimum absolute atomic E-state index is 0.0534. The number of aliphatic hydroxyl groups excluding tert-OH is 1. The predicted molar refractivity (Wildman–Crippen MR) is 62.7 cm³/mol. The van der Waals surface area contributed by atoms with Gasteiger partial charge in [0, 0.05) is 12.0 Å². The number of carbonyl (C=O) groups is 2. The number of esters is 1. The summed E-state index contributed by atoms with van der Waals surface area (Å²) in [5.41, 5.74) is 0.631. The summed E-state index contributed by atoms with van der Waals surface area (Å²) in [5.74, 6) is -2.92. The maximum Gasteiger partial charge on any atom is 0.374 e. The Morgan fingerprint density at radius 1 is 1.32 bits per heavy atom. The van der Waals surface area contributed by atoms with Crippen LogP contribution in [0.3, 0.4) is 0 Å². The largest absolute Gasteiger partial charge is 0.502 e. The van der Waals surface area contributed by atoms with Crippen molar-refractivity contribution in [1.82, 2.24) is 0 Å². The van der Waals surface area contributed by atoms with E-state index in [9.17, 15) is 19.1 Å². The van der Waals surface area contributed by atoms with Crippen molar-refractivity contribution < 1.29 is 28.9 Å². The summed E-state index contributed by atoms with van der Waals surface area (Å²) in [6.45, 7) is 0. The number of halogens is 1.